The van der Waals surface area contributed by atoms with E-state index in [0.29, 0.717) is 24.0 Å². The lowest BCUT2D eigenvalue weighted by molar-refractivity contribution is -0.135. The molecule has 0 spiro atoms. The molecule has 6 nitrogen and oxygen atoms in total. The molecule has 0 radical (unpaired) electrons. The van der Waals surface area contributed by atoms with Crippen LogP contribution in [0.2, 0.25) is 0 Å². The van der Waals surface area contributed by atoms with Gasteiger partial charge in [0.05, 0.1) is 12.1 Å². The van der Waals surface area contributed by atoms with Gasteiger partial charge in [0.2, 0.25) is 5.91 Å². The minimum absolute atomic E-state index is 0.000678. The van der Waals surface area contributed by atoms with E-state index >= 15 is 0 Å². The predicted octanol–water partition coefficient (Wildman–Crippen LogP) is 2.95. The van der Waals surface area contributed by atoms with Crippen LogP contribution in [0.1, 0.15) is 32.5 Å². The number of nitrogens with one attached hydrogen (secondary N) is 1. The summed E-state index contributed by atoms with van der Waals surface area (Å²) in [5.74, 6) is 0.242. The second kappa shape index (κ2) is 7.75. The summed E-state index contributed by atoms with van der Waals surface area (Å²) in [6.45, 7) is 4.86. The number of thioether (sulfide) groups is 1. The number of hydrogen-bond donors (Lipinski definition) is 1. The van der Waals surface area contributed by atoms with Crippen molar-refractivity contribution in [3.63, 3.8) is 0 Å². The second-order valence-corrected chi connectivity index (χ2v) is 7.70. The molecule has 8 heteroatoms. The van der Waals surface area contributed by atoms with Crippen molar-refractivity contribution in [2.75, 3.05) is 12.9 Å². The topological polar surface area (TPSA) is 69.0 Å². The number of hydrogen-bond acceptors (Lipinski definition) is 5. The normalized spacial score (nSPS) is 19.3. The highest BCUT2D eigenvalue weighted by Gasteiger charge is 2.32. The van der Waals surface area contributed by atoms with Crippen LogP contribution in [-0.2, 0) is 16.1 Å². The van der Waals surface area contributed by atoms with E-state index in [1.165, 1.54) is 23.9 Å². The van der Waals surface area contributed by atoms with Crippen molar-refractivity contribution in [2.45, 2.75) is 44.0 Å². The van der Waals surface area contributed by atoms with Gasteiger partial charge in [-0.25, -0.2) is 4.39 Å². The van der Waals surface area contributed by atoms with Gasteiger partial charge >= 0.3 is 0 Å². The number of benzene rings is 1. The molecule has 1 aromatic heterocycles. The summed E-state index contributed by atoms with van der Waals surface area (Å²) < 4.78 is 20.7. The van der Waals surface area contributed by atoms with Crippen LogP contribution in [0.25, 0.3) is 5.69 Å². The quantitative estimate of drug-likeness (QED) is 0.810. The van der Waals surface area contributed by atoms with Gasteiger partial charge < -0.3 is 10.1 Å². The third kappa shape index (κ3) is 4.24. The number of carbonyl (C=O) groups excluding carboxylic acids is 1. The summed E-state index contributed by atoms with van der Waals surface area (Å²) in [4.78, 5) is 12.5. The molecule has 1 amide bonds. The molecule has 0 saturated carbocycles. The number of carbonyl (C=O) groups is 1. The summed E-state index contributed by atoms with van der Waals surface area (Å²) in [5, 5.41) is 12.0. The fourth-order valence-electron chi connectivity index (χ4n) is 3.16. The smallest absolute Gasteiger partial charge is 0.223 e. The van der Waals surface area contributed by atoms with Crippen molar-refractivity contribution >= 4 is 17.7 Å². The Labute approximate surface area is 156 Å². The van der Waals surface area contributed by atoms with Crippen molar-refractivity contribution in [3.05, 3.63) is 35.9 Å². The highest BCUT2D eigenvalue weighted by molar-refractivity contribution is 7.98. The van der Waals surface area contributed by atoms with Gasteiger partial charge in [-0.15, -0.1) is 10.2 Å². The summed E-state index contributed by atoms with van der Waals surface area (Å²) in [5.41, 5.74) is 0.484. The fourth-order valence-corrected chi connectivity index (χ4v) is 3.68. The molecule has 1 saturated heterocycles. The second-order valence-electron chi connectivity index (χ2n) is 6.93. The zero-order valence-electron chi connectivity index (χ0n) is 15.2. The highest BCUT2D eigenvalue weighted by Crippen LogP contribution is 2.28. The maximum Gasteiger partial charge on any atom is 0.223 e. The molecule has 1 N–H and O–H groups in total. The molecule has 2 aromatic rings. The monoisotopic (exact) mass is 378 g/mol. The van der Waals surface area contributed by atoms with Gasteiger partial charge in [-0.1, -0.05) is 11.8 Å². The van der Waals surface area contributed by atoms with E-state index in [1.807, 2.05) is 24.7 Å². The van der Waals surface area contributed by atoms with Crippen molar-refractivity contribution in [1.29, 1.82) is 0 Å². The first kappa shape index (κ1) is 18.8. The molecular weight excluding hydrogens is 355 g/mol. The maximum atomic E-state index is 13.2. The van der Waals surface area contributed by atoms with Crippen LogP contribution in [0.3, 0.4) is 0 Å². The predicted molar refractivity (Wildman–Crippen MR) is 97.7 cm³/mol. The third-order valence-corrected chi connectivity index (χ3v) is 5.09. The number of aromatic nitrogens is 3. The van der Waals surface area contributed by atoms with E-state index in [4.69, 9.17) is 4.74 Å². The molecular formula is C18H23FN4O2S. The first-order chi connectivity index (χ1) is 12.4. The molecule has 3 rings (SSSR count). The van der Waals surface area contributed by atoms with Crippen molar-refractivity contribution in [2.24, 2.45) is 5.92 Å². The van der Waals surface area contributed by atoms with Crippen LogP contribution in [0.15, 0.2) is 29.4 Å². The number of ether oxygens (including phenoxy) is 1. The molecule has 1 atom stereocenters. The SMILES string of the molecule is CSc1nnc(CNC(=O)[C@H]2CCOC(C)(C)C2)n1-c1ccc(F)cc1. The molecule has 0 bridgehead atoms. The summed E-state index contributed by atoms with van der Waals surface area (Å²) in [6, 6.07) is 6.13. The molecule has 1 fully saturated rings. The van der Waals surface area contributed by atoms with Crippen molar-refractivity contribution < 1.29 is 13.9 Å². The lowest BCUT2D eigenvalue weighted by Crippen LogP contribution is -2.41. The Hall–Kier alpha value is -1.93. The van der Waals surface area contributed by atoms with Gasteiger partial charge in [-0.05, 0) is 57.2 Å². The number of nitrogens with zero attached hydrogens (tertiary/aromatic N) is 3. The molecule has 2 heterocycles. The maximum absolute atomic E-state index is 13.2. The summed E-state index contributed by atoms with van der Waals surface area (Å²) >= 11 is 1.44. The molecule has 26 heavy (non-hydrogen) atoms. The van der Waals surface area contributed by atoms with Gasteiger partial charge in [0.1, 0.15) is 5.82 Å². The van der Waals surface area contributed by atoms with Crippen molar-refractivity contribution in [1.82, 2.24) is 20.1 Å². The van der Waals surface area contributed by atoms with Crippen LogP contribution in [-0.4, -0.2) is 39.1 Å². The highest BCUT2D eigenvalue weighted by atomic mass is 32.2. The Morgan fingerprint density at radius 3 is 2.77 bits per heavy atom. The van der Waals surface area contributed by atoms with Crippen LogP contribution in [0.5, 0.6) is 0 Å². The zero-order chi connectivity index (χ0) is 18.7. The van der Waals surface area contributed by atoms with E-state index in [9.17, 15) is 9.18 Å². The number of halogens is 1. The Kier molecular flexibility index (Phi) is 5.62. The van der Waals surface area contributed by atoms with Gasteiger partial charge in [0.15, 0.2) is 11.0 Å². The fraction of sp³-hybridized carbons (Fsp3) is 0.500. The standard InChI is InChI=1S/C18H23FN4O2S/c1-18(2)10-12(8-9-25-18)16(24)20-11-15-21-22-17(26-3)23(15)14-6-4-13(19)5-7-14/h4-7,12H,8-11H2,1-3H3,(H,20,24)/t12-/m0/s1. The number of rotatable bonds is 5. The van der Waals surface area contributed by atoms with E-state index < -0.39 is 0 Å². The molecule has 1 aliphatic rings. The Morgan fingerprint density at radius 2 is 2.12 bits per heavy atom. The Bertz CT molecular complexity index is 776. The number of amides is 1. The van der Waals surface area contributed by atoms with E-state index in [2.05, 4.69) is 15.5 Å². The Morgan fingerprint density at radius 1 is 1.38 bits per heavy atom. The zero-order valence-corrected chi connectivity index (χ0v) is 16.0. The van der Waals surface area contributed by atoms with Crippen LogP contribution >= 0.6 is 11.8 Å². The molecule has 140 valence electrons. The largest absolute Gasteiger partial charge is 0.376 e. The van der Waals surface area contributed by atoms with E-state index in [-0.39, 0.29) is 29.8 Å². The van der Waals surface area contributed by atoms with Crippen LogP contribution in [0, 0.1) is 11.7 Å². The van der Waals surface area contributed by atoms with E-state index in [1.54, 1.807) is 12.1 Å². The van der Waals surface area contributed by atoms with Crippen LogP contribution in [0.4, 0.5) is 4.39 Å². The lowest BCUT2D eigenvalue weighted by atomic mass is 9.88. The molecule has 0 unspecified atom stereocenters. The van der Waals surface area contributed by atoms with E-state index in [0.717, 1.165) is 12.1 Å². The lowest BCUT2D eigenvalue weighted by Gasteiger charge is -2.34. The molecule has 0 aliphatic carbocycles. The molecule has 1 aliphatic heterocycles. The van der Waals surface area contributed by atoms with Crippen molar-refractivity contribution in [3.8, 4) is 5.69 Å². The summed E-state index contributed by atoms with van der Waals surface area (Å²) in [7, 11) is 0. The first-order valence-corrected chi connectivity index (χ1v) is 9.78. The Balaban J connectivity index is 1.73. The minimum atomic E-state index is -0.301. The average molecular weight is 378 g/mol. The first-order valence-electron chi connectivity index (χ1n) is 8.55. The summed E-state index contributed by atoms with van der Waals surface area (Å²) in [6.07, 6.45) is 3.31. The molecule has 1 aromatic carbocycles. The van der Waals surface area contributed by atoms with Gasteiger partial charge in [0.25, 0.3) is 0 Å². The average Bonchev–Trinajstić information content (AvgIpc) is 3.02. The van der Waals surface area contributed by atoms with Gasteiger partial charge in [-0.3, -0.25) is 9.36 Å². The minimum Gasteiger partial charge on any atom is -0.376 e. The van der Waals surface area contributed by atoms with Gasteiger partial charge in [0, 0.05) is 18.2 Å². The third-order valence-electron chi connectivity index (χ3n) is 4.46. The van der Waals surface area contributed by atoms with Gasteiger partial charge in [-0.2, -0.15) is 0 Å². The van der Waals surface area contributed by atoms with Crippen LogP contribution < -0.4 is 5.32 Å².